The lowest BCUT2D eigenvalue weighted by molar-refractivity contribution is -0.119. The highest BCUT2D eigenvalue weighted by Crippen LogP contribution is 2.38. The number of H-pyrrole nitrogens is 1. The summed E-state index contributed by atoms with van der Waals surface area (Å²) < 4.78 is 6.01. The molecule has 1 aliphatic rings. The third-order valence-corrected chi connectivity index (χ3v) is 6.55. The second-order valence-corrected chi connectivity index (χ2v) is 9.38. The fraction of sp³-hybridized carbons (Fsp3) is 0.440. The van der Waals surface area contributed by atoms with Crippen LogP contribution in [-0.4, -0.2) is 45.6 Å². The first-order chi connectivity index (χ1) is 16.5. The highest BCUT2D eigenvalue weighted by Gasteiger charge is 2.29. The number of nitrogens with one attached hydrogen (secondary N) is 2. The third kappa shape index (κ3) is 5.88. The highest BCUT2D eigenvalue weighted by molar-refractivity contribution is 7.99. The van der Waals surface area contributed by atoms with Crippen LogP contribution in [0.25, 0.3) is 0 Å². The summed E-state index contributed by atoms with van der Waals surface area (Å²) in [6.45, 7) is 10.2. The SMILES string of the molecule is CCOc1c(Nc2cc(C)[nH]n2)nc(Sc2ccc(CC(=O)C3CC3)cc2)nc1N(CC)CC. The predicted octanol–water partition coefficient (Wildman–Crippen LogP) is 5.17. The standard InChI is InChI=1S/C25H32N6O2S/c1-5-31(6-2)24-22(33-7-3)23(26-21-14-16(4)29-30-21)27-25(28-24)34-19-12-8-17(9-13-19)15-20(32)18-10-11-18/h8-9,12-14,18H,5-7,10-11,15H2,1-4H3,(H2,26,27,28,29,30). The number of carbonyl (C=O) groups excluding carboxylic acids is 1. The molecule has 34 heavy (non-hydrogen) atoms. The molecule has 0 bridgehead atoms. The van der Waals surface area contributed by atoms with Gasteiger partial charge in [0.25, 0.3) is 0 Å². The first-order valence-electron chi connectivity index (χ1n) is 11.9. The van der Waals surface area contributed by atoms with Crippen molar-refractivity contribution in [1.29, 1.82) is 0 Å². The van der Waals surface area contributed by atoms with Gasteiger partial charge >= 0.3 is 0 Å². The smallest absolute Gasteiger partial charge is 0.205 e. The minimum Gasteiger partial charge on any atom is -0.487 e. The normalized spacial score (nSPS) is 13.1. The molecule has 0 amide bonds. The van der Waals surface area contributed by atoms with E-state index in [0.717, 1.165) is 47.9 Å². The Labute approximate surface area is 204 Å². The molecule has 0 radical (unpaired) electrons. The van der Waals surface area contributed by atoms with E-state index >= 15 is 0 Å². The summed E-state index contributed by atoms with van der Waals surface area (Å²) in [5.41, 5.74) is 2.00. The number of ketones is 1. The number of rotatable bonds is 12. The van der Waals surface area contributed by atoms with Gasteiger partial charge in [-0.25, -0.2) is 9.97 Å². The molecule has 0 unspecified atom stereocenters. The summed E-state index contributed by atoms with van der Waals surface area (Å²) in [7, 11) is 0. The largest absolute Gasteiger partial charge is 0.487 e. The van der Waals surface area contributed by atoms with Crippen LogP contribution in [0.5, 0.6) is 5.75 Å². The van der Waals surface area contributed by atoms with Gasteiger partial charge in [-0.2, -0.15) is 5.10 Å². The van der Waals surface area contributed by atoms with E-state index in [1.807, 2.05) is 44.2 Å². The van der Waals surface area contributed by atoms with Crippen LogP contribution in [0, 0.1) is 12.8 Å². The lowest BCUT2D eigenvalue weighted by Gasteiger charge is -2.24. The van der Waals surface area contributed by atoms with Gasteiger partial charge in [0.1, 0.15) is 5.78 Å². The number of aryl methyl sites for hydroxylation is 1. The van der Waals surface area contributed by atoms with Crippen molar-refractivity contribution in [2.45, 2.75) is 57.0 Å². The lowest BCUT2D eigenvalue weighted by Crippen LogP contribution is -2.24. The maximum atomic E-state index is 12.1. The van der Waals surface area contributed by atoms with Crippen LogP contribution in [0.1, 0.15) is 44.9 Å². The molecule has 180 valence electrons. The second kappa shape index (κ2) is 10.9. The molecule has 1 aliphatic carbocycles. The molecule has 0 saturated heterocycles. The van der Waals surface area contributed by atoms with Crippen LogP contribution in [0.15, 0.2) is 40.4 Å². The minimum atomic E-state index is 0.286. The number of aromatic amines is 1. The van der Waals surface area contributed by atoms with Crippen molar-refractivity contribution in [2.75, 3.05) is 29.9 Å². The fourth-order valence-electron chi connectivity index (χ4n) is 3.70. The van der Waals surface area contributed by atoms with Crippen LogP contribution < -0.4 is 15.0 Å². The van der Waals surface area contributed by atoms with Crippen molar-refractivity contribution in [3.63, 3.8) is 0 Å². The van der Waals surface area contributed by atoms with E-state index in [9.17, 15) is 4.79 Å². The topological polar surface area (TPSA) is 96.0 Å². The van der Waals surface area contributed by atoms with Crippen molar-refractivity contribution in [3.05, 3.63) is 41.6 Å². The van der Waals surface area contributed by atoms with Crippen molar-refractivity contribution < 1.29 is 9.53 Å². The zero-order valence-corrected chi connectivity index (χ0v) is 21.0. The van der Waals surface area contributed by atoms with Crippen LogP contribution >= 0.6 is 11.8 Å². The van der Waals surface area contributed by atoms with E-state index in [-0.39, 0.29) is 5.92 Å². The van der Waals surface area contributed by atoms with Gasteiger partial charge in [0.15, 0.2) is 22.6 Å². The molecular formula is C25H32N6O2S. The predicted molar refractivity (Wildman–Crippen MR) is 135 cm³/mol. The fourth-order valence-corrected chi connectivity index (χ4v) is 4.45. The zero-order valence-electron chi connectivity index (χ0n) is 20.2. The first kappa shape index (κ1) is 24.1. The monoisotopic (exact) mass is 480 g/mol. The van der Waals surface area contributed by atoms with Gasteiger partial charge in [0.2, 0.25) is 5.75 Å². The summed E-state index contributed by atoms with van der Waals surface area (Å²) in [5, 5.41) is 11.2. The number of carbonyl (C=O) groups is 1. The van der Waals surface area contributed by atoms with Crippen molar-refractivity contribution >= 4 is 35.0 Å². The maximum absolute atomic E-state index is 12.1. The van der Waals surface area contributed by atoms with Gasteiger partial charge in [-0.3, -0.25) is 9.89 Å². The molecule has 9 heteroatoms. The number of Topliss-reactive ketones (excluding diaryl/α,β-unsaturated/α-hetero) is 1. The van der Waals surface area contributed by atoms with Gasteiger partial charge in [0, 0.05) is 42.1 Å². The molecule has 0 aliphatic heterocycles. The summed E-state index contributed by atoms with van der Waals surface area (Å²) in [6, 6.07) is 10.0. The summed E-state index contributed by atoms with van der Waals surface area (Å²) in [5.74, 6) is 3.26. The van der Waals surface area contributed by atoms with E-state index in [0.29, 0.717) is 41.4 Å². The van der Waals surface area contributed by atoms with E-state index in [2.05, 4.69) is 34.3 Å². The molecular weight excluding hydrogens is 448 g/mol. The quantitative estimate of drug-likeness (QED) is 0.343. The molecule has 1 fully saturated rings. The molecule has 3 aromatic rings. The van der Waals surface area contributed by atoms with Gasteiger partial charge in [0.05, 0.1) is 6.61 Å². The Morgan fingerprint density at radius 2 is 1.91 bits per heavy atom. The molecule has 0 spiro atoms. The average molecular weight is 481 g/mol. The lowest BCUT2D eigenvalue weighted by atomic mass is 10.1. The Morgan fingerprint density at radius 3 is 2.50 bits per heavy atom. The van der Waals surface area contributed by atoms with Gasteiger partial charge in [-0.1, -0.05) is 12.1 Å². The Morgan fingerprint density at radius 1 is 1.18 bits per heavy atom. The third-order valence-electron chi connectivity index (χ3n) is 5.67. The number of benzene rings is 1. The maximum Gasteiger partial charge on any atom is 0.205 e. The summed E-state index contributed by atoms with van der Waals surface area (Å²) in [6.07, 6.45) is 2.61. The molecule has 8 nitrogen and oxygen atoms in total. The van der Waals surface area contributed by atoms with Crippen LogP contribution in [-0.2, 0) is 11.2 Å². The van der Waals surface area contributed by atoms with E-state index < -0.39 is 0 Å². The number of aromatic nitrogens is 4. The Bertz CT molecular complexity index is 1120. The van der Waals surface area contributed by atoms with E-state index in [1.54, 1.807) is 0 Å². The average Bonchev–Trinajstić information content (AvgIpc) is 3.60. The highest BCUT2D eigenvalue weighted by atomic mass is 32.2. The van der Waals surface area contributed by atoms with Crippen molar-refractivity contribution in [1.82, 2.24) is 20.2 Å². The van der Waals surface area contributed by atoms with Gasteiger partial charge in [-0.15, -0.1) is 0 Å². The molecule has 2 heterocycles. The first-order valence-corrected chi connectivity index (χ1v) is 12.7. The Kier molecular flexibility index (Phi) is 7.72. The van der Waals surface area contributed by atoms with Crippen LogP contribution in [0.3, 0.4) is 0 Å². The van der Waals surface area contributed by atoms with Crippen LogP contribution in [0.2, 0.25) is 0 Å². The number of ether oxygens (including phenoxy) is 1. The summed E-state index contributed by atoms with van der Waals surface area (Å²) >= 11 is 1.49. The number of hydrogen-bond donors (Lipinski definition) is 2. The van der Waals surface area contributed by atoms with Gasteiger partial charge in [-0.05, 0) is 70.0 Å². The number of anilines is 3. The number of hydrogen-bond acceptors (Lipinski definition) is 8. The zero-order chi connectivity index (χ0) is 24.1. The van der Waals surface area contributed by atoms with Crippen molar-refractivity contribution in [3.8, 4) is 5.75 Å². The van der Waals surface area contributed by atoms with Gasteiger partial charge < -0.3 is 15.0 Å². The Hall–Kier alpha value is -3.07. The van der Waals surface area contributed by atoms with Crippen molar-refractivity contribution in [2.24, 2.45) is 5.92 Å². The Balaban J connectivity index is 1.63. The minimum absolute atomic E-state index is 0.286. The van der Waals surface area contributed by atoms with E-state index in [1.165, 1.54) is 11.8 Å². The second-order valence-electron chi connectivity index (χ2n) is 8.34. The molecule has 4 rings (SSSR count). The van der Waals surface area contributed by atoms with E-state index in [4.69, 9.17) is 14.7 Å². The van der Waals surface area contributed by atoms with Crippen LogP contribution in [0.4, 0.5) is 17.5 Å². The molecule has 1 saturated carbocycles. The summed E-state index contributed by atoms with van der Waals surface area (Å²) in [4.78, 5) is 25.0. The molecule has 2 N–H and O–H groups in total. The molecule has 0 atom stereocenters. The number of nitrogens with zero attached hydrogens (tertiary/aromatic N) is 4. The molecule has 2 aromatic heterocycles. The molecule has 1 aromatic carbocycles.